The number of benzene rings is 3. The number of rotatable bonds is 6. The molecule has 0 bridgehead atoms. The van der Waals surface area contributed by atoms with Crippen LogP contribution in [0.4, 0.5) is 0 Å². The molecule has 0 saturated carbocycles. The van der Waals surface area contributed by atoms with Crippen LogP contribution in [0.5, 0.6) is 5.75 Å². The van der Waals surface area contributed by atoms with E-state index in [2.05, 4.69) is 10.8 Å². The van der Waals surface area contributed by atoms with Crippen LogP contribution in [0, 0.1) is 11.3 Å². The fourth-order valence-corrected chi connectivity index (χ4v) is 4.98. The number of hydrogen-bond acceptors (Lipinski definition) is 5. The fraction of sp³-hybridized carbons (Fsp3) is 0.217. The summed E-state index contributed by atoms with van der Waals surface area (Å²) in [5, 5.41) is 10.7. The Kier molecular flexibility index (Phi) is 5.63. The van der Waals surface area contributed by atoms with Crippen LogP contribution in [0.3, 0.4) is 0 Å². The van der Waals surface area contributed by atoms with Gasteiger partial charge < -0.3 is 9.64 Å². The molecule has 1 aliphatic rings. The summed E-state index contributed by atoms with van der Waals surface area (Å²) in [5.74, 6) is 0.366. The third-order valence-electron chi connectivity index (χ3n) is 5.35. The molecule has 1 saturated heterocycles. The van der Waals surface area contributed by atoms with Crippen LogP contribution in [0.1, 0.15) is 17.5 Å². The first-order valence-electron chi connectivity index (χ1n) is 9.77. The SMILES string of the molecule is COc1ccc2ccc(S(=O)(=O)N[C@H]3CCN(Cc4cccc(C#N)c4)C3=O)cc2c1. The van der Waals surface area contributed by atoms with E-state index in [-0.39, 0.29) is 10.8 Å². The van der Waals surface area contributed by atoms with E-state index in [0.717, 1.165) is 16.3 Å². The molecule has 1 fully saturated rings. The highest BCUT2D eigenvalue weighted by molar-refractivity contribution is 7.89. The maximum absolute atomic E-state index is 12.9. The van der Waals surface area contributed by atoms with Gasteiger partial charge in [0.05, 0.1) is 23.6 Å². The molecule has 0 aliphatic carbocycles. The molecule has 0 spiro atoms. The lowest BCUT2D eigenvalue weighted by Gasteiger charge is -2.17. The zero-order chi connectivity index (χ0) is 22.0. The van der Waals surface area contributed by atoms with Gasteiger partial charge in [0.15, 0.2) is 0 Å². The Hall–Kier alpha value is -3.41. The summed E-state index contributed by atoms with van der Waals surface area (Å²) in [6, 6.07) is 18.6. The third kappa shape index (κ3) is 4.38. The molecule has 158 valence electrons. The summed E-state index contributed by atoms with van der Waals surface area (Å²) in [5.41, 5.74) is 1.36. The monoisotopic (exact) mass is 435 g/mol. The summed E-state index contributed by atoms with van der Waals surface area (Å²) >= 11 is 0. The molecule has 1 amide bonds. The first-order valence-corrected chi connectivity index (χ1v) is 11.3. The molecule has 31 heavy (non-hydrogen) atoms. The second-order valence-electron chi connectivity index (χ2n) is 7.41. The van der Waals surface area contributed by atoms with Crippen molar-refractivity contribution in [3.05, 3.63) is 71.8 Å². The van der Waals surface area contributed by atoms with Gasteiger partial charge in [-0.05, 0) is 59.2 Å². The highest BCUT2D eigenvalue weighted by atomic mass is 32.2. The number of nitrogens with zero attached hydrogens (tertiary/aromatic N) is 2. The number of carbonyl (C=O) groups is 1. The van der Waals surface area contributed by atoms with Crippen LogP contribution in [0.25, 0.3) is 10.8 Å². The molecule has 1 atom stereocenters. The maximum Gasteiger partial charge on any atom is 0.241 e. The highest BCUT2D eigenvalue weighted by Crippen LogP contribution is 2.25. The van der Waals surface area contributed by atoms with E-state index in [0.29, 0.717) is 30.8 Å². The lowest BCUT2D eigenvalue weighted by atomic mass is 10.1. The molecule has 1 N–H and O–H groups in total. The molecule has 0 aromatic heterocycles. The third-order valence-corrected chi connectivity index (χ3v) is 6.82. The lowest BCUT2D eigenvalue weighted by molar-refractivity contribution is -0.129. The number of hydrogen-bond donors (Lipinski definition) is 1. The first-order chi connectivity index (χ1) is 14.9. The Labute approximate surface area is 180 Å². The zero-order valence-corrected chi connectivity index (χ0v) is 17.7. The number of ether oxygens (including phenoxy) is 1. The molecule has 3 aromatic carbocycles. The van der Waals surface area contributed by atoms with Crippen molar-refractivity contribution >= 4 is 26.7 Å². The number of amides is 1. The van der Waals surface area contributed by atoms with Crippen molar-refractivity contribution < 1.29 is 17.9 Å². The van der Waals surface area contributed by atoms with E-state index >= 15 is 0 Å². The largest absolute Gasteiger partial charge is 0.497 e. The van der Waals surface area contributed by atoms with Crippen molar-refractivity contribution in [2.24, 2.45) is 0 Å². The van der Waals surface area contributed by atoms with Crippen molar-refractivity contribution in [2.75, 3.05) is 13.7 Å². The van der Waals surface area contributed by atoms with E-state index in [9.17, 15) is 13.2 Å². The van der Waals surface area contributed by atoms with Gasteiger partial charge in [-0.25, -0.2) is 8.42 Å². The highest BCUT2D eigenvalue weighted by Gasteiger charge is 2.35. The van der Waals surface area contributed by atoms with Crippen LogP contribution < -0.4 is 9.46 Å². The van der Waals surface area contributed by atoms with E-state index in [1.807, 2.05) is 18.2 Å². The predicted octanol–water partition coefficient (Wildman–Crippen LogP) is 2.80. The fourth-order valence-electron chi connectivity index (χ4n) is 3.72. The summed E-state index contributed by atoms with van der Waals surface area (Å²) in [6.07, 6.45) is 0.386. The smallest absolute Gasteiger partial charge is 0.241 e. The summed E-state index contributed by atoms with van der Waals surface area (Å²) in [4.78, 5) is 14.5. The van der Waals surface area contributed by atoms with Gasteiger partial charge >= 0.3 is 0 Å². The first kappa shape index (κ1) is 20.8. The van der Waals surface area contributed by atoms with Gasteiger partial charge in [-0.2, -0.15) is 9.98 Å². The van der Waals surface area contributed by atoms with Crippen LogP contribution in [-0.4, -0.2) is 38.9 Å². The molecule has 7 nitrogen and oxygen atoms in total. The number of nitrogens with one attached hydrogen (secondary N) is 1. The Bertz CT molecular complexity index is 1300. The minimum Gasteiger partial charge on any atom is -0.497 e. The van der Waals surface area contributed by atoms with Crippen molar-refractivity contribution in [3.8, 4) is 11.8 Å². The average molecular weight is 436 g/mol. The van der Waals surface area contributed by atoms with Gasteiger partial charge in [-0.3, -0.25) is 4.79 Å². The minimum atomic E-state index is -3.88. The summed E-state index contributed by atoms with van der Waals surface area (Å²) < 4.78 is 33.6. The average Bonchev–Trinajstić information content (AvgIpc) is 3.11. The molecule has 3 aromatic rings. The number of methoxy groups -OCH3 is 1. The van der Waals surface area contributed by atoms with E-state index in [4.69, 9.17) is 10.00 Å². The van der Waals surface area contributed by atoms with Gasteiger partial charge in [0, 0.05) is 13.1 Å². The van der Waals surface area contributed by atoms with Crippen molar-refractivity contribution in [1.29, 1.82) is 5.26 Å². The normalized spacial score (nSPS) is 16.5. The molecule has 8 heteroatoms. The van der Waals surface area contributed by atoms with Crippen molar-refractivity contribution in [2.45, 2.75) is 23.9 Å². The number of fused-ring (bicyclic) bond motifs is 1. The Morgan fingerprint density at radius 2 is 1.94 bits per heavy atom. The lowest BCUT2D eigenvalue weighted by Crippen LogP contribution is -2.41. The van der Waals surface area contributed by atoms with E-state index in [1.54, 1.807) is 48.4 Å². The Morgan fingerprint density at radius 3 is 2.71 bits per heavy atom. The van der Waals surface area contributed by atoms with Gasteiger partial charge in [0.2, 0.25) is 15.9 Å². The molecule has 1 heterocycles. The molecular formula is C23H21N3O4S. The maximum atomic E-state index is 12.9. The second-order valence-corrected chi connectivity index (χ2v) is 9.12. The Balaban J connectivity index is 1.50. The molecule has 0 radical (unpaired) electrons. The Morgan fingerprint density at radius 1 is 1.13 bits per heavy atom. The van der Waals surface area contributed by atoms with Gasteiger partial charge in [0.25, 0.3) is 0 Å². The summed E-state index contributed by atoms with van der Waals surface area (Å²) in [6.45, 7) is 0.778. The van der Waals surface area contributed by atoms with Gasteiger partial charge in [-0.15, -0.1) is 0 Å². The number of sulfonamides is 1. The van der Waals surface area contributed by atoms with Gasteiger partial charge in [0.1, 0.15) is 11.8 Å². The van der Waals surface area contributed by atoms with Crippen molar-refractivity contribution in [3.63, 3.8) is 0 Å². The topological polar surface area (TPSA) is 99.5 Å². The van der Waals surface area contributed by atoms with Crippen LogP contribution in [0.2, 0.25) is 0 Å². The molecule has 1 aliphatic heterocycles. The van der Waals surface area contributed by atoms with Crippen LogP contribution in [0.15, 0.2) is 65.6 Å². The quantitative estimate of drug-likeness (QED) is 0.642. The number of nitriles is 1. The van der Waals surface area contributed by atoms with Gasteiger partial charge in [-0.1, -0.05) is 24.3 Å². The molecule has 0 unspecified atom stereocenters. The standard InChI is InChI=1S/C23H21N3O4S/c1-30-20-7-5-18-6-8-21(13-19(18)12-20)31(28,29)25-22-9-10-26(23(22)27)15-17-4-2-3-16(11-17)14-24/h2-8,11-13,22,25H,9-10,15H2,1H3/t22-/m0/s1. The number of carbonyl (C=O) groups excluding carboxylic acids is 1. The van der Waals surface area contributed by atoms with E-state index < -0.39 is 16.1 Å². The predicted molar refractivity (Wildman–Crippen MR) is 116 cm³/mol. The molecular weight excluding hydrogens is 414 g/mol. The van der Waals surface area contributed by atoms with E-state index in [1.165, 1.54) is 6.07 Å². The van der Waals surface area contributed by atoms with Crippen molar-refractivity contribution in [1.82, 2.24) is 9.62 Å². The number of likely N-dealkylation sites (tertiary alicyclic amines) is 1. The summed E-state index contributed by atoms with van der Waals surface area (Å²) in [7, 11) is -2.32. The van der Waals surface area contributed by atoms with Crippen LogP contribution in [-0.2, 0) is 21.4 Å². The van der Waals surface area contributed by atoms with Crippen LogP contribution >= 0.6 is 0 Å². The zero-order valence-electron chi connectivity index (χ0n) is 16.9. The minimum absolute atomic E-state index is 0.0984. The second kappa shape index (κ2) is 8.38. The molecule has 4 rings (SSSR count).